The molecule has 1 unspecified atom stereocenters. The molecule has 8 heteroatoms. The zero-order chi connectivity index (χ0) is 32.4. The van der Waals surface area contributed by atoms with Gasteiger partial charge in [-0.15, -0.1) is 6.58 Å². The molecular formula is C38H35ClFN3O3. The minimum atomic E-state index is -1.01. The number of anilines is 1. The van der Waals surface area contributed by atoms with Crippen LogP contribution in [0.15, 0.2) is 104 Å². The van der Waals surface area contributed by atoms with Gasteiger partial charge in [-0.1, -0.05) is 97.2 Å². The maximum absolute atomic E-state index is 14.7. The number of amides is 3. The highest BCUT2D eigenvalue weighted by atomic mass is 35.5. The lowest BCUT2D eigenvalue weighted by molar-refractivity contribution is -0.135. The lowest BCUT2D eigenvalue weighted by Gasteiger charge is -2.29. The molecule has 3 amide bonds. The van der Waals surface area contributed by atoms with Gasteiger partial charge in [0.1, 0.15) is 11.9 Å². The van der Waals surface area contributed by atoms with Crippen molar-refractivity contribution in [3.8, 4) is 22.3 Å². The highest BCUT2D eigenvalue weighted by Gasteiger charge is 2.40. The Morgan fingerprint density at radius 2 is 1.67 bits per heavy atom. The first-order valence-electron chi connectivity index (χ1n) is 15.5. The number of carbonyl (C=O) groups excluding carboxylic acids is 3. The van der Waals surface area contributed by atoms with E-state index in [4.69, 9.17) is 17.3 Å². The Balaban J connectivity index is 1.38. The Morgan fingerprint density at radius 1 is 0.957 bits per heavy atom. The van der Waals surface area contributed by atoms with Crippen LogP contribution in [-0.4, -0.2) is 17.7 Å². The fraction of sp³-hybridized carbons (Fsp3) is 0.237. The second-order valence-corrected chi connectivity index (χ2v) is 12.5. The van der Waals surface area contributed by atoms with Gasteiger partial charge in [-0.2, -0.15) is 0 Å². The minimum absolute atomic E-state index is 0.0301. The molecule has 0 aromatic heterocycles. The van der Waals surface area contributed by atoms with Crippen molar-refractivity contribution < 1.29 is 18.8 Å². The van der Waals surface area contributed by atoms with Crippen LogP contribution in [-0.2, 0) is 20.9 Å². The Labute approximate surface area is 273 Å². The first kappa shape index (κ1) is 31.2. The number of hydrogen-bond acceptors (Lipinski definition) is 3. The predicted molar refractivity (Wildman–Crippen MR) is 179 cm³/mol. The molecule has 46 heavy (non-hydrogen) atoms. The van der Waals surface area contributed by atoms with Gasteiger partial charge in [0.05, 0.1) is 29.1 Å². The van der Waals surface area contributed by atoms with Gasteiger partial charge in [-0.05, 0) is 70.8 Å². The molecule has 6 rings (SSSR count). The predicted octanol–water partition coefficient (Wildman–Crippen LogP) is 7.61. The van der Waals surface area contributed by atoms with Crippen molar-refractivity contribution in [1.82, 2.24) is 5.32 Å². The summed E-state index contributed by atoms with van der Waals surface area (Å²) in [6.07, 6.45) is 4.42. The lowest BCUT2D eigenvalue weighted by Crippen LogP contribution is -2.46. The van der Waals surface area contributed by atoms with Crippen LogP contribution < -0.4 is 16.0 Å². The average molecular weight is 636 g/mol. The minimum Gasteiger partial charge on any atom is -0.369 e. The number of nitrogens with one attached hydrogen (secondary N) is 1. The molecule has 0 bridgehead atoms. The van der Waals surface area contributed by atoms with Gasteiger partial charge in [0.15, 0.2) is 0 Å². The van der Waals surface area contributed by atoms with E-state index in [1.165, 1.54) is 6.07 Å². The van der Waals surface area contributed by atoms with Gasteiger partial charge >= 0.3 is 0 Å². The molecule has 234 valence electrons. The number of para-hydroxylation sites is 1. The Kier molecular flexibility index (Phi) is 9.04. The number of halogens is 2. The zero-order valence-corrected chi connectivity index (χ0v) is 26.1. The Hall–Kier alpha value is -4.75. The molecule has 6 nitrogen and oxygen atoms in total. The highest BCUT2D eigenvalue weighted by Crippen LogP contribution is 2.42. The second-order valence-electron chi connectivity index (χ2n) is 12.1. The molecule has 4 aromatic rings. The van der Waals surface area contributed by atoms with E-state index in [0.717, 1.165) is 40.7 Å². The Bertz CT molecular complexity index is 1820. The summed E-state index contributed by atoms with van der Waals surface area (Å²) in [4.78, 5) is 43.0. The van der Waals surface area contributed by atoms with Gasteiger partial charge in [-0.3, -0.25) is 14.4 Å². The molecule has 3 N–H and O–H groups in total. The van der Waals surface area contributed by atoms with Crippen LogP contribution in [0.1, 0.15) is 42.9 Å². The maximum Gasteiger partial charge on any atom is 0.254 e. The van der Waals surface area contributed by atoms with Crippen LogP contribution in [0.5, 0.6) is 0 Å². The molecule has 2 aliphatic rings. The van der Waals surface area contributed by atoms with Crippen molar-refractivity contribution in [2.45, 2.75) is 38.3 Å². The van der Waals surface area contributed by atoms with E-state index in [1.807, 2.05) is 72.8 Å². The molecule has 3 atom stereocenters. The van der Waals surface area contributed by atoms with Crippen molar-refractivity contribution in [2.75, 3.05) is 4.90 Å². The standard InChI is InChI=1S/C38H35ClFN3O3/c1-2-8-30(36(41)44)31(20-23-15-16-23)37(45)42-35-29-13-4-3-11-27(29)28-12-5-6-14-34(28)43(38(35)46)22-24-9-7-10-25(19-24)26-17-18-33(40)32(39)21-26/h2-7,9-14,17-19,21,23,30-31,35H,1,8,15-16,20,22H2,(H2,41,44)(H,42,45)/t30-,31+,35?/m0/s1. The summed E-state index contributed by atoms with van der Waals surface area (Å²) in [5.74, 6) is -2.76. The molecule has 0 radical (unpaired) electrons. The summed E-state index contributed by atoms with van der Waals surface area (Å²) in [5, 5.41) is 3.10. The summed E-state index contributed by atoms with van der Waals surface area (Å²) < 4.78 is 13.9. The van der Waals surface area contributed by atoms with E-state index in [0.29, 0.717) is 23.6 Å². The Morgan fingerprint density at radius 3 is 2.39 bits per heavy atom. The normalized spacial score (nSPS) is 16.9. The molecule has 1 aliphatic carbocycles. The van der Waals surface area contributed by atoms with Crippen molar-refractivity contribution in [3.05, 3.63) is 126 Å². The number of nitrogens with two attached hydrogens (primary N) is 1. The number of rotatable bonds is 11. The smallest absolute Gasteiger partial charge is 0.254 e. The molecule has 0 spiro atoms. The summed E-state index contributed by atoms with van der Waals surface area (Å²) >= 11 is 6.07. The summed E-state index contributed by atoms with van der Waals surface area (Å²) in [6.45, 7) is 3.99. The largest absolute Gasteiger partial charge is 0.369 e. The van der Waals surface area contributed by atoms with Gasteiger partial charge < -0.3 is 16.0 Å². The number of benzene rings is 4. The summed E-state index contributed by atoms with van der Waals surface area (Å²) in [6, 6.07) is 26.5. The van der Waals surface area contributed by atoms with Crippen LogP contribution >= 0.6 is 11.6 Å². The quantitative estimate of drug-likeness (QED) is 0.166. The summed E-state index contributed by atoms with van der Waals surface area (Å²) in [5.41, 5.74) is 11.3. The molecule has 1 aliphatic heterocycles. The number of fused-ring (bicyclic) bond motifs is 3. The van der Waals surface area contributed by atoms with E-state index in [9.17, 15) is 18.8 Å². The molecule has 1 fully saturated rings. The van der Waals surface area contributed by atoms with Crippen molar-refractivity contribution >= 4 is 35.0 Å². The second kappa shape index (κ2) is 13.3. The van der Waals surface area contributed by atoms with Crippen LogP contribution in [0.2, 0.25) is 5.02 Å². The maximum atomic E-state index is 14.7. The fourth-order valence-electron chi connectivity index (χ4n) is 6.42. The third kappa shape index (κ3) is 6.46. The van der Waals surface area contributed by atoms with Gasteiger partial charge in [0.25, 0.3) is 5.91 Å². The SMILES string of the molecule is C=CC[C@H](C(N)=O)[C@@H](CC1CC1)C(=O)NC1C(=O)N(Cc2cccc(-c3ccc(F)c(Cl)c3)c2)c2ccccc2-c2ccccc21. The third-order valence-electron chi connectivity index (χ3n) is 8.97. The molecule has 0 saturated heterocycles. The number of allylic oxidation sites excluding steroid dienone is 1. The molecule has 4 aromatic carbocycles. The van der Waals surface area contributed by atoms with Gasteiger partial charge in [0.2, 0.25) is 11.8 Å². The van der Waals surface area contributed by atoms with Gasteiger partial charge in [0, 0.05) is 5.56 Å². The van der Waals surface area contributed by atoms with E-state index >= 15 is 0 Å². The van der Waals surface area contributed by atoms with Crippen LogP contribution in [0, 0.1) is 23.6 Å². The van der Waals surface area contributed by atoms with Crippen molar-refractivity contribution in [3.63, 3.8) is 0 Å². The molecule has 1 heterocycles. The van der Waals surface area contributed by atoms with Crippen LogP contribution in [0.25, 0.3) is 22.3 Å². The number of primary amides is 1. The molecular weight excluding hydrogens is 601 g/mol. The van der Waals surface area contributed by atoms with E-state index in [-0.39, 0.29) is 29.8 Å². The number of hydrogen-bond donors (Lipinski definition) is 2. The summed E-state index contributed by atoms with van der Waals surface area (Å²) in [7, 11) is 0. The highest BCUT2D eigenvalue weighted by molar-refractivity contribution is 6.31. The number of nitrogens with zero attached hydrogens (tertiary/aromatic N) is 1. The van der Waals surface area contributed by atoms with Gasteiger partial charge in [-0.25, -0.2) is 4.39 Å². The average Bonchev–Trinajstić information content (AvgIpc) is 3.90. The van der Waals surface area contributed by atoms with E-state index < -0.39 is 29.6 Å². The lowest BCUT2D eigenvalue weighted by atomic mass is 9.83. The zero-order valence-electron chi connectivity index (χ0n) is 25.3. The monoisotopic (exact) mass is 635 g/mol. The fourth-order valence-corrected chi connectivity index (χ4v) is 6.60. The van der Waals surface area contributed by atoms with E-state index in [1.54, 1.807) is 23.1 Å². The first-order chi connectivity index (χ1) is 22.2. The van der Waals surface area contributed by atoms with Crippen molar-refractivity contribution in [1.29, 1.82) is 0 Å². The topological polar surface area (TPSA) is 92.5 Å². The molecule has 1 saturated carbocycles. The third-order valence-corrected chi connectivity index (χ3v) is 9.26. The number of carbonyl (C=O) groups is 3. The van der Waals surface area contributed by atoms with E-state index in [2.05, 4.69) is 11.9 Å². The van der Waals surface area contributed by atoms with Crippen LogP contribution in [0.4, 0.5) is 10.1 Å². The van der Waals surface area contributed by atoms with Crippen molar-refractivity contribution in [2.24, 2.45) is 23.5 Å². The van der Waals surface area contributed by atoms with Crippen LogP contribution in [0.3, 0.4) is 0 Å². The first-order valence-corrected chi connectivity index (χ1v) is 15.9.